The zero-order chi connectivity index (χ0) is 11.6. The van der Waals surface area contributed by atoms with Gasteiger partial charge in [0.25, 0.3) is 0 Å². The molecule has 0 bridgehead atoms. The molecule has 0 spiro atoms. The van der Waals surface area contributed by atoms with E-state index in [9.17, 15) is 23.1 Å². The monoisotopic (exact) mass is 227 g/mol. The van der Waals surface area contributed by atoms with Crippen molar-refractivity contribution in [2.45, 2.75) is 37.8 Å². The molecule has 0 aromatic heterocycles. The van der Waals surface area contributed by atoms with E-state index in [0.717, 1.165) is 0 Å². The van der Waals surface area contributed by atoms with E-state index in [1.807, 2.05) is 0 Å². The van der Waals surface area contributed by atoms with Gasteiger partial charge in [0.15, 0.2) is 0 Å². The topological polar surface area (TPSA) is 58.6 Å². The standard InChI is InChI=1S/C8H12F3NO3/c1-4-6(13)5(2-3-15-4)12-7(14)8(9,10)11/h4-6,13H,2-3H2,1H3,(H,12,14). The minimum absolute atomic E-state index is 0.174. The number of carbonyl (C=O) groups excluding carboxylic acids is 1. The molecule has 3 atom stereocenters. The van der Waals surface area contributed by atoms with Gasteiger partial charge in [-0.1, -0.05) is 0 Å². The van der Waals surface area contributed by atoms with Crippen molar-refractivity contribution in [1.82, 2.24) is 5.32 Å². The summed E-state index contributed by atoms with van der Waals surface area (Å²) in [6.07, 6.45) is -6.42. The maximum Gasteiger partial charge on any atom is 0.471 e. The first-order valence-electron chi connectivity index (χ1n) is 4.49. The van der Waals surface area contributed by atoms with Crippen molar-refractivity contribution in [2.75, 3.05) is 6.61 Å². The van der Waals surface area contributed by atoms with Crippen LogP contribution in [0.3, 0.4) is 0 Å². The van der Waals surface area contributed by atoms with Crippen LogP contribution >= 0.6 is 0 Å². The highest BCUT2D eigenvalue weighted by molar-refractivity contribution is 5.82. The van der Waals surface area contributed by atoms with E-state index in [1.165, 1.54) is 6.92 Å². The van der Waals surface area contributed by atoms with Crippen LogP contribution in [0, 0.1) is 0 Å². The lowest BCUT2D eigenvalue weighted by Gasteiger charge is -2.33. The van der Waals surface area contributed by atoms with Gasteiger partial charge in [-0.25, -0.2) is 0 Å². The van der Waals surface area contributed by atoms with E-state index in [2.05, 4.69) is 0 Å². The Morgan fingerprint density at radius 2 is 2.13 bits per heavy atom. The Bertz CT molecular complexity index is 244. The lowest BCUT2D eigenvalue weighted by molar-refractivity contribution is -0.177. The minimum Gasteiger partial charge on any atom is -0.388 e. The smallest absolute Gasteiger partial charge is 0.388 e. The summed E-state index contributed by atoms with van der Waals surface area (Å²) in [5, 5.41) is 11.2. The zero-order valence-electron chi connectivity index (χ0n) is 8.04. The summed E-state index contributed by atoms with van der Waals surface area (Å²) in [4.78, 5) is 10.6. The fraction of sp³-hybridized carbons (Fsp3) is 0.875. The average Bonchev–Trinajstić information content (AvgIpc) is 2.11. The number of nitrogens with one attached hydrogen (secondary N) is 1. The van der Waals surface area contributed by atoms with Gasteiger partial charge in [0.1, 0.15) is 6.10 Å². The van der Waals surface area contributed by atoms with Crippen LogP contribution in [0.15, 0.2) is 0 Å². The van der Waals surface area contributed by atoms with Crippen LogP contribution in [0.2, 0.25) is 0 Å². The van der Waals surface area contributed by atoms with Gasteiger partial charge in [-0.05, 0) is 13.3 Å². The second kappa shape index (κ2) is 4.36. The van der Waals surface area contributed by atoms with Crippen LogP contribution in [0.5, 0.6) is 0 Å². The van der Waals surface area contributed by atoms with E-state index >= 15 is 0 Å². The predicted molar refractivity (Wildman–Crippen MR) is 44.0 cm³/mol. The number of hydrogen-bond donors (Lipinski definition) is 2. The number of rotatable bonds is 1. The summed E-state index contributed by atoms with van der Waals surface area (Å²) in [7, 11) is 0. The number of alkyl halides is 3. The number of halogens is 3. The number of carbonyl (C=O) groups is 1. The molecule has 0 radical (unpaired) electrons. The van der Waals surface area contributed by atoms with Gasteiger partial charge < -0.3 is 15.2 Å². The second-order valence-corrected chi connectivity index (χ2v) is 3.43. The third-order valence-corrected chi connectivity index (χ3v) is 2.28. The Balaban J connectivity index is 2.54. The Kier molecular flexibility index (Phi) is 3.56. The van der Waals surface area contributed by atoms with Crippen LogP contribution in [0.25, 0.3) is 0 Å². The molecule has 1 rings (SSSR count). The molecule has 0 saturated carbocycles. The summed E-state index contributed by atoms with van der Waals surface area (Å²) < 4.78 is 40.7. The molecule has 4 nitrogen and oxygen atoms in total. The average molecular weight is 227 g/mol. The fourth-order valence-corrected chi connectivity index (χ4v) is 1.39. The van der Waals surface area contributed by atoms with Crippen molar-refractivity contribution in [3.63, 3.8) is 0 Å². The van der Waals surface area contributed by atoms with Gasteiger partial charge in [0.05, 0.1) is 12.1 Å². The molecule has 3 unspecified atom stereocenters. The molecule has 15 heavy (non-hydrogen) atoms. The van der Waals surface area contributed by atoms with Crippen LogP contribution < -0.4 is 5.32 Å². The van der Waals surface area contributed by atoms with Crippen LogP contribution in [-0.2, 0) is 9.53 Å². The largest absolute Gasteiger partial charge is 0.471 e. The Morgan fingerprint density at radius 1 is 1.53 bits per heavy atom. The van der Waals surface area contributed by atoms with Crippen molar-refractivity contribution in [1.29, 1.82) is 0 Å². The summed E-state index contributed by atoms with van der Waals surface area (Å²) in [6, 6.07) is -0.900. The second-order valence-electron chi connectivity index (χ2n) is 3.43. The van der Waals surface area contributed by atoms with Crippen LogP contribution in [0.1, 0.15) is 13.3 Å². The molecule has 0 aromatic rings. The number of aliphatic hydroxyl groups is 1. The Morgan fingerprint density at radius 3 is 2.67 bits per heavy atom. The molecule has 1 aliphatic heterocycles. The molecule has 1 amide bonds. The lowest BCUT2D eigenvalue weighted by Crippen LogP contribution is -2.54. The third kappa shape index (κ3) is 3.07. The molecule has 1 heterocycles. The molecule has 7 heteroatoms. The predicted octanol–water partition coefficient (Wildman–Crippen LogP) is 0.203. The third-order valence-electron chi connectivity index (χ3n) is 2.28. The van der Waals surface area contributed by atoms with Crippen molar-refractivity contribution in [2.24, 2.45) is 0 Å². The van der Waals surface area contributed by atoms with E-state index in [0.29, 0.717) is 0 Å². The highest BCUT2D eigenvalue weighted by Crippen LogP contribution is 2.18. The molecule has 2 N–H and O–H groups in total. The van der Waals surface area contributed by atoms with Crippen LogP contribution in [0.4, 0.5) is 13.2 Å². The number of aliphatic hydroxyl groups excluding tert-OH is 1. The van der Waals surface area contributed by atoms with Gasteiger partial charge in [-0.2, -0.15) is 13.2 Å². The first-order valence-corrected chi connectivity index (χ1v) is 4.49. The highest BCUT2D eigenvalue weighted by Gasteiger charge is 2.42. The summed E-state index contributed by atoms with van der Waals surface area (Å²) in [6.45, 7) is 1.76. The maximum absolute atomic E-state index is 11.9. The first-order chi connectivity index (χ1) is 6.82. The molecular formula is C8H12F3NO3. The van der Waals surface area contributed by atoms with Crippen molar-refractivity contribution in [3.05, 3.63) is 0 Å². The van der Waals surface area contributed by atoms with Gasteiger partial charge in [-0.3, -0.25) is 4.79 Å². The normalized spacial score (nSPS) is 32.5. The Hall–Kier alpha value is -0.820. The first kappa shape index (κ1) is 12.3. The van der Waals surface area contributed by atoms with E-state index in [1.54, 1.807) is 5.32 Å². The van der Waals surface area contributed by atoms with Gasteiger partial charge in [0.2, 0.25) is 0 Å². The lowest BCUT2D eigenvalue weighted by atomic mass is 10.0. The molecule has 1 fully saturated rings. The summed E-state index contributed by atoms with van der Waals surface area (Å²) in [5.41, 5.74) is 0. The Labute approximate surface area is 84.4 Å². The fourth-order valence-electron chi connectivity index (χ4n) is 1.39. The SMILES string of the molecule is CC1OCCC(NC(=O)C(F)(F)F)C1O. The number of hydrogen-bond acceptors (Lipinski definition) is 3. The van der Waals surface area contributed by atoms with E-state index in [4.69, 9.17) is 4.74 Å². The molecule has 0 aromatic carbocycles. The van der Waals surface area contributed by atoms with Gasteiger partial charge in [-0.15, -0.1) is 0 Å². The van der Waals surface area contributed by atoms with E-state index in [-0.39, 0.29) is 13.0 Å². The quantitative estimate of drug-likeness (QED) is 0.673. The zero-order valence-corrected chi connectivity index (χ0v) is 8.04. The molecule has 0 aliphatic carbocycles. The molecule has 1 aliphatic rings. The van der Waals surface area contributed by atoms with Crippen molar-refractivity contribution < 1.29 is 27.8 Å². The van der Waals surface area contributed by atoms with Gasteiger partial charge >= 0.3 is 12.1 Å². The number of ether oxygens (including phenoxy) is 1. The van der Waals surface area contributed by atoms with Crippen molar-refractivity contribution >= 4 is 5.91 Å². The summed E-state index contributed by atoms with van der Waals surface area (Å²) >= 11 is 0. The summed E-state index contributed by atoms with van der Waals surface area (Å²) in [5.74, 6) is -2.03. The van der Waals surface area contributed by atoms with Crippen LogP contribution in [-0.4, -0.2) is 42.0 Å². The van der Waals surface area contributed by atoms with Crippen molar-refractivity contribution in [3.8, 4) is 0 Å². The number of amides is 1. The van der Waals surface area contributed by atoms with Gasteiger partial charge in [0, 0.05) is 6.61 Å². The maximum atomic E-state index is 11.9. The molecule has 1 saturated heterocycles. The molecule has 88 valence electrons. The van der Waals surface area contributed by atoms with E-state index < -0.39 is 30.3 Å². The highest BCUT2D eigenvalue weighted by atomic mass is 19.4. The molecular weight excluding hydrogens is 215 g/mol. The minimum atomic E-state index is -4.92.